The maximum atomic E-state index is 12.8. The van der Waals surface area contributed by atoms with Gasteiger partial charge in [0, 0.05) is 24.8 Å². The van der Waals surface area contributed by atoms with E-state index in [0.717, 1.165) is 25.3 Å². The number of para-hydroxylation sites is 2. The molecule has 0 radical (unpaired) electrons. The van der Waals surface area contributed by atoms with Gasteiger partial charge in [-0.05, 0) is 48.7 Å². The fourth-order valence-corrected chi connectivity index (χ4v) is 3.47. The second kappa shape index (κ2) is 8.13. The molecule has 0 saturated carbocycles. The molecule has 1 amide bonds. The quantitative estimate of drug-likeness (QED) is 0.725. The summed E-state index contributed by atoms with van der Waals surface area (Å²) in [7, 11) is 0. The van der Waals surface area contributed by atoms with E-state index in [1.54, 1.807) is 12.3 Å². The minimum absolute atomic E-state index is 0.173. The number of hydrogen-bond donors (Lipinski definition) is 1. The Morgan fingerprint density at radius 1 is 1.11 bits per heavy atom. The lowest BCUT2D eigenvalue weighted by Gasteiger charge is -2.29. The van der Waals surface area contributed by atoms with E-state index in [1.165, 1.54) is 11.1 Å². The minimum Gasteiger partial charge on any atom is -0.492 e. The number of aromatic nitrogens is 1. The van der Waals surface area contributed by atoms with E-state index in [-0.39, 0.29) is 5.91 Å². The van der Waals surface area contributed by atoms with E-state index < -0.39 is 0 Å². The number of benzene rings is 2. The van der Waals surface area contributed by atoms with E-state index in [1.807, 2.05) is 37.3 Å². The zero-order valence-corrected chi connectivity index (χ0v) is 15.9. The summed E-state index contributed by atoms with van der Waals surface area (Å²) < 4.78 is 5.59. The second-order valence-electron chi connectivity index (χ2n) is 6.73. The SMILES string of the molecule is CCOc1ccccc1NC(=O)c1ccnc(N2CCc3ccccc3C2)c1. The number of anilines is 2. The van der Waals surface area contributed by atoms with Gasteiger partial charge in [-0.3, -0.25) is 4.79 Å². The highest BCUT2D eigenvalue weighted by Crippen LogP contribution is 2.26. The van der Waals surface area contributed by atoms with Gasteiger partial charge < -0.3 is 15.0 Å². The zero-order chi connectivity index (χ0) is 19.3. The first kappa shape index (κ1) is 18.0. The van der Waals surface area contributed by atoms with Crippen LogP contribution in [0.5, 0.6) is 5.75 Å². The van der Waals surface area contributed by atoms with Crippen molar-refractivity contribution in [1.29, 1.82) is 0 Å². The van der Waals surface area contributed by atoms with Crippen molar-refractivity contribution < 1.29 is 9.53 Å². The van der Waals surface area contributed by atoms with Gasteiger partial charge in [-0.25, -0.2) is 4.98 Å². The number of rotatable bonds is 5. The van der Waals surface area contributed by atoms with E-state index in [4.69, 9.17) is 4.74 Å². The van der Waals surface area contributed by atoms with Crippen molar-refractivity contribution in [2.24, 2.45) is 0 Å². The molecule has 0 fully saturated rings. The van der Waals surface area contributed by atoms with E-state index in [0.29, 0.717) is 23.6 Å². The van der Waals surface area contributed by atoms with Crippen LogP contribution < -0.4 is 15.0 Å². The molecule has 1 aliphatic heterocycles. The smallest absolute Gasteiger partial charge is 0.255 e. The van der Waals surface area contributed by atoms with Gasteiger partial charge in [0.2, 0.25) is 0 Å². The van der Waals surface area contributed by atoms with Gasteiger partial charge in [0.15, 0.2) is 0 Å². The van der Waals surface area contributed by atoms with E-state index >= 15 is 0 Å². The molecule has 28 heavy (non-hydrogen) atoms. The van der Waals surface area contributed by atoms with E-state index in [2.05, 4.69) is 39.5 Å². The van der Waals surface area contributed by atoms with Crippen LogP contribution in [-0.4, -0.2) is 24.0 Å². The number of carbonyl (C=O) groups is 1. The van der Waals surface area contributed by atoms with Gasteiger partial charge in [0.1, 0.15) is 11.6 Å². The topological polar surface area (TPSA) is 54.5 Å². The first-order chi connectivity index (χ1) is 13.7. The van der Waals surface area contributed by atoms with Crippen molar-refractivity contribution in [2.45, 2.75) is 19.9 Å². The number of nitrogens with zero attached hydrogens (tertiary/aromatic N) is 2. The molecule has 1 N–H and O–H groups in total. The Morgan fingerprint density at radius 2 is 1.89 bits per heavy atom. The van der Waals surface area contributed by atoms with Crippen LogP contribution in [0.15, 0.2) is 66.9 Å². The van der Waals surface area contributed by atoms with Crippen molar-refractivity contribution in [3.8, 4) is 5.75 Å². The number of amides is 1. The Morgan fingerprint density at radius 3 is 2.75 bits per heavy atom. The summed E-state index contributed by atoms with van der Waals surface area (Å²) in [4.78, 5) is 19.5. The fraction of sp³-hybridized carbons (Fsp3) is 0.217. The molecule has 1 aromatic heterocycles. The first-order valence-corrected chi connectivity index (χ1v) is 9.55. The van der Waals surface area contributed by atoms with E-state index in [9.17, 15) is 4.79 Å². The zero-order valence-electron chi connectivity index (χ0n) is 15.9. The molecule has 3 aromatic rings. The molecule has 0 saturated heterocycles. The van der Waals surface area contributed by atoms with Crippen LogP contribution in [0.2, 0.25) is 0 Å². The Labute approximate surface area is 165 Å². The van der Waals surface area contributed by atoms with Crippen molar-refractivity contribution in [3.05, 3.63) is 83.6 Å². The van der Waals surface area contributed by atoms with Crippen LogP contribution in [0.4, 0.5) is 11.5 Å². The van der Waals surface area contributed by atoms with Gasteiger partial charge >= 0.3 is 0 Å². The Balaban J connectivity index is 1.52. The van der Waals surface area contributed by atoms with Gasteiger partial charge in [-0.1, -0.05) is 36.4 Å². The second-order valence-corrected chi connectivity index (χ2v) is 6.73. The summed E-state index contributed by atoms with van der Waals surface area (Å²) in [6, 6.07) is 19.5. The molecule has 0 aliphatic carbocycles. The van der Waals surface area contributed by atoms with Crippen LogP contribution in [0.1, 0.15) is 28.4 Å². The predicted octanol–water partition coefficient (Wildman–Crippen LogP) is 4.30. The fourth-order valence-electron chi connectivity index (χ4n) is 3.47. The predicted molar refractivity (Wildman–Crippen MR) is 111 cm³/mol. The number of ether oxygens (including phenoxy) is 1. The molecule has 5 nitrogen and oxygen atoms in total. The number of fused-ring (bicyclic) bond motifs is 1. The lowest BCUT2D eigenvalue weighted by atomic mass is 10.00. The third kappa shape index (κ3) is 3.83. The summed E-state index contributed by atoms with van der Waals surface area (Å²) in [5.41, 5.74) is 3.95. The van der Waals surface area contributed by atoms with Crippen molar-refractivity contribution in [1.82, 2.24) is 4.98 Å². The number of carbonyl (C=O) groups excluding carboxylic acids is 1. The largest absolute Gasteiger partial charge is 0.492 e. The highest BCUT2D eigenvalue weighted by atomic mass is 16.5. The number of hydrogen-bond acceptors (Lipinski definition) is 4. The van der Waals surface area contributed by atoms with Crippen LogP contribution in [-0.2, 0) is 13.0 Å². The molecule has 0 atom stereocenters. The van der Waals surface area contributed by atoms with Crippen LogP contribution >= 0.6 is 0 Å². The van der Waals surface area contributed by atoms with Gasteiger partial charge in [0.25, 0.3) is 5.91 Å². The Hall–Kier alpha value is -3.34. The molecule has 142 valence electrons. The van der Waals surface area contributed by atoms with Gasteiger partial charge in [0.05, 0.1) is 12.3 Å². The molecule has 2 heterocycles. The summed E-state index contributed by atoms with van der Waals surface area (Å²) in [6.45, 7) is 4.16. The average molecular weight is 373 g/mol. The summed E-state index contributed by atoms with van der Waals surface area (Å²) in [5.74, 6) is 1.31. The molecule has 1 aliphatic rings. The van der Waals surface area contributed by atoms with Gasteiger partial charge in [-0.2, -0.15) is 0 Å². The third-order valence-electron chi connectivity index (χ3n) is 4.90. The summed E-state index contributed by atoms with van der Waals surface area (Å²) >= 11 is 0. The molecule has 0 bridgehead atoms. The Kier molecular flexibility index (Phi) is 5.24. The summed E-state index contributed by atoms with van der Waals surface area (Å²) in [5, 5.41) is 2.95. The molecule has 0 unspecified atom stereocenters. The number of nitrogens with one attached hydrogen (secondary N) is 1. The molecule has 2 aromatic carbocycles. The van der Waals surface area contributed by atoms with Crippen molar-refractivity contribution >= 4 is 17.4 Å². The van der Waals surface area contributed by atoms with Crippen LogP contribution in [0.25, 0.3) is 0 Å². The monoisotopic (exact) mass is 373 g/mol. The molecule has 4 rings (SSSR count). The lowest BCUT2D eigenvalue weighted by Crippen LogP contribution is -2.31. The number of pyridine rings is 1. The normalized spacial score (nSPS) is 13.0. The van der Waals surface area contributed by atoms with Gasteiger partial charge in [-0.15, -0.1) is 0 Å². The first-order valence-electron chi connectivity index (χ1n) is 9.55. The van der Waals surface area contributed by atoms with Crippen molar-refractivity contribution in [3.63, 3.8) is 0 Å². The van der Waals surface area contributed by atoms with Crippen molar-refractivity contribution in [2.75, 3.05) is 23.4 Å². The standard InChI is InChI=1S/C23H23N3O2/c1-2-28-21-10-6-5-9-20(21)25-23(27)18-11-13-24-22(15-18)26-14-12-17-7-3-4-8-19(17)16-26/h3-11,13,15H,2,12,14,16H2,1H3,(H,25,27). The average Bonchev–Trinajstić information content (AvgIpc) is 2.75. The summed E-state index contributed by atoms with van der Waals surface area (Å²) in [6.07, 6.45) is 2.68. The van der Waals surface area contributed by atoms with Crippen LogP contribution in [0, 0.1) is 0 Å². The molecule has 5 heteroatoms. The highest BCUT2D eigenvalue weighted by molar-refractivity contribution is 6.05. The third-order valence-corrected chi connectivity index (χ3v) is 4.90. The maximum Gasteiger partial charge on any atom is 0.255 e. The van der Waals surface area contributed by atoms with Crippen LogP contribution in [0.3, 0.4) is 0 Å². The minimum atomic E-state index is -0.173. The molecule has 0 spiro atoms. The Bertz CT molecular complexity index is 987. The highest BCUT2D eigenvalue weighted by Gasteiger charge is 2.18. The lowest BCUT2D eigenvalue weighted by molar-refractivity contribution is 0.102. The molecular weight excluding hydrogens is 350 g/mol. The molecular formula is C23H23N3O2. The maximum absolute atomic E-state index is 12.8.